The zero-order chi connectivity index (χ0) is 13.8. The molecule has 7 heteroatoms. The van der Waals surface area contributed by atoms with Crippen molar-refractivity contribution in [1.29, 1.82) is 0 Å². The maximum atomic E-state index is 11.9. The fraction of sp³-hybridized carbons (Fsp3) is 0.417. The molecule has 2 heterocycles. The topological polar surface area (TPSA) is 62.5 Å². The van der Waals surface area contributed by atoms with Gasteiger partial charge in [-0.25, -0.2) is 4.52 Å². The van der Waals surface area contributed by atoms with Crippen molar-refractivity contribution >= 4 is 33.4 Å². The van der Waals surface area contributed by atoms with Crippen molar-refractivity contribution in [2.75, 3.05) is 25.0 Å². The summed E-state index contributed by atoms with van der Waals surface area (Å²) in [6.07, 6.45) is 1.81. The average molecular weight is 326 g/mol. The van der Waals surface area contributed by atoms with Crippen molar-refractivity contribution in [3.63, 3.8) is 0 Å². The second-order valence-corrected chi connectivity index (χ2v) is 4.83. The second-order valence-electron chi connectivity index (χ2n) is 3.98. The third kappa shape index (κ3) is 3.04. The molecule has 0 radical (unpaired) electrons. The lowest BCUT2D eigenvalue weighted by Crippen LogP contribution is -2.35. The largest absolute Gasteiger partial charge is 0.344 e. The first kappa shape index (κ1) is 13.8. The van der Waals surface area contributed by atoms with Crippen LogP contribution in [-0.4, -0.2) is 45.0 Å². The Balaban J connectivity index is 2.06. The van der Waals surface area contributed by atoms with Crippen LogP contribution in [0.1, 0.15) is 13.8 Å². The Morgan fingerprint density at radius 3 is 2.84 bits per heavy atom. The zero-order valence-corrected chi connectivity index (χ0v) is 12.5. The van der Waals surface area contributed by atoms with E-state index in [1.165, 1.54) is 0 Å². The van der Waals surface area contributed by atoms with Gasteiger partial charge in [0.05, 0.1) is 11.0 Å². The Morgan fingerprint density at radius 2 is 2.21 bits per heavy atom. The van der Waals surface area contributed by atoms with Gasteiger partial charge in [-0.2, -0.15) is 4.98 Å². The summed E-state index contributed by atoms with van der Waals surface area (Å²) in [6.45, 7) is 5.54. The van der Waals surface area contributed by atoms with Gasteiger partial charge in [0.25, 0.3) is 0 Å². The first-order valence-corrected chi connectivity index (χ1v) is 6.97. The third-order valence-electron chi connectivity index (χ3n) is 2.83. The third-order valence-corrected chi connectivity index (χ3v) is 3.45. The predicted molar refractivity (Wildman–Crippen MR) is 77.1 cm³/mol. The molecule has 19 heavy (non-hydrogen) atoms. The smallest absolute Gasteiger partial charge is 0.243 e. The minimum Gasteiger partial charge on any atom is -0.344 e. The van der Waals surface area contributed by atoms with E-state index in [1.807, 2.05) is 32.2 Å². The van der Waals surface area contributed by atoms with Gasteiger partial charge in [0.1, 0.15) is 0 Å². The van der Waals surface area contributed by atoms with Crippen LogP contribution in [0.25, 0.3) is 5.65 Å². The molecule has 2 aromatic rings. The highest BCUT2D eigenvalue weighted by molar-refractivity contribution is 9.10. The molecule has 0 fully saturated rings. The molecule has 0 aromatic carbocycles. The summed E-state index contributed by atoms with van der Waals surface area (Å²) in [5.74, 6) is 0.496. The van der Waals surface area contributed by atoms with Crippen LogP contribution >= 0.6 is 15.9 Å². The molecule has 0 atom stereocenters. The van der Waals surface area contributed by atoms with Gasteiger partial charge in [-0.15, -0.1) is 5.10 Å². The lowest BCUT2D eigenvalue weighted by molar-refractivity contribution is -0.128. The molecule has 6 nitrogen and oxygen atoms in total. The summed E-state index contributed by atoms with van der Waals surface area (Å²) in [7, 11) is 0. The summed E-state index contributed by atoms with van der Waals surface area (Å²) < 4.78 is 2.53. The zero-order valence-electron chi connectivity index (χ0n) is 10.9. The van der Waals surface area contributed by atoms with Crippen molar-refractivity contribution in [3.05, 3.63) is 22.8 Å². The SMILES string of the molecule is CCN(CC)C(=O)CNc1nc2c(Br)cccn2n1. The summed E-state index contributed by atoms with van der Waals surface area (Å²) >= 11 is 3.41. The highest BCUT2D eigenvalue weighted by Gasteiger charge is 2.11. The first-order chi connectivity index (χ1) is 9.15. The molecule has 0 saturated carbocycles. The molecule has 0 aliphatic carbocycles. The average Bonchev–Trinajstić information content (AvgIpc) is 2.82. The van der Waals surface area contributed by atoms with Crippen LogP contribution in [0.5, 0.6) is 0 Å². The fourth-order valence-corrected chi connectivity index (χ4v) is 2.21. The molecule has 2 rings (SSSR count). The molecule has 0 aliphatic rings. The molecule has 2 aromatic heterocycles. The monoisotopic (exact) mass is 325 g/mol. The number of fused-ring (bicyclic) bond motifs is 1. The Morgan fingerprint density at radius 1 is 1.47 bits per heavy atom. The minimum absolute atomic E-state index is 0.0444. The van der Waals surface area contributed by atoms with Crippen molar-refractivity contribution in [1.82, 2.24) is 19.5 Å². The summed E-state index contributed by atoms with van der Waals surface area (Å²) in [4.78, 5) is 17.9. The van der Waals surface area contributed by atoms with Crippen LogP contribution in [0.2, 0.25) is 0 Å². The summed E-state index contributed by atoms with van der Waals surface area (Å²) in [5, 5.41) is 7.21. The molecule has 0 spiro atoms. The van der Waals surface area contributed by atoms with E-state index in [4.69, 9.17) is 0 Å². The van der Waals surface area contributed by atoms with Crippen molar-refractivity contribution in [3.8, 4) is 0 Å². The molecule has 0 bridgehead atoms. The lowest BCUT2D eigenvalue weighted by Gasteiger charge is -2.18. The predicted octanol–water partition coefficient (Wildman–Crippen LogP) is 1.77. The number of hydrogen-bond acceptors (Lipinski definition) is 4. The maximum absolute atomic E-state index is 11.9. The fourth-order valence-electron chi connectivity index (χ4n) is 1.79. The molecule has 102 valence electrons. The van der Waals surface area contributed by atoms with E-state index >= 15 is 0 Å². The number of carbonyl (C=O) groups is 1. The molecule has 0 unspecified atom stereocenters. The van der Waals surface area contributed by atoms with Gasteiger partial charge in [-0.3, -0.25) is 4.79 Å². The molecule has 0 saturated heterocycles. The van der Waals surface area contributed by atoms with E-state index in [9.17, 15) is 4.79 Å². The van der Waals surface area contributed by atoms with Gasteiger partial charge < -0.3 is 10.2 Å². The number of likely N-dealkylation sites (N-methyl/N-ethyl adjacent to an activating group) is 1. The lowest BCUT2D eigenvalue weighted by atomic mass is 10.4. The van der Waals surface area contributed by atoms with Crippen LogP contribution in [0.4, 0.5) is 5.95 Å². The van der Waals surface area contributed by atoms with E-state index in [0.29, 0.717) is 19.0 Å². The van der Waals surface area contributed by atoms with Crippen LogP contribution in [0.15, 0.2) is 22.8 Å². The molecule has 0 aliphatic heterocycles. The van der Waals surface area contributed by atoms with Crippen molar-refractivity contribution in [2.24, 2.45) is 0 Å². The van der Waals surface area contributed by atoms with Crippen LogP contribution < -0.4 is 5.32 Å². The van der Waals surface area contributed by atoms with Crippen molar-refractivity contribution < 1.29 is 4.79 Å². The van der Waals surface area contributed by atoms with Gasteiger partial charge in [0, 0.05) is 19.3 Å². The Bertz CT molecular complexity index is 579. The van der Waals surface area contributed by atoms with Crippen molar-refractivity contribution in [2.45, 2.75) is 13.8 Å². The number of nitrogens with one attached hydrogen (secondary N) is 1. The number of carbonyl (C=O) groups excluding carboxylic acids is 1. The number of aromatic nitrogens is 3. The maximum Gasteiger partial charge on any atom is 0.243 e. The van der Waals surface area contributed by atoms with Gasteiger partial charge in [0.2, 0.25) is 11.9 Å². The number of pyridine rings is 1. The Labute approximate surface area is 119 Å². The Kier molecular flexibility index (Phi) is 4.36. The number of hydrogen-bond donors (Lipinski definition) is 1. The number of halogens is 1. The van der Waals surface area contributed by atoms with Gasteiger partial charge in [0.15, 0.2) is 5.65 Å². The van der Waals surface area contributed by atoms with E-state index in [2.05, 4.69) is 31.3 Å². The standard InChI is InChI=1S/C12H16BrN5O/c1-3-17(4-2)10(19)8-14-12-15-11-9(13)6-5-7-18(11)16-12/h5-7H,3-4,8H2,1-2H3,(H,14,16). The highest BCUT2D eigenvalue weighted by Crippen LogP contribution is 2.16. The molecule has 1 amide bonds. The summed E-state index contributed by atoms with van der Waals surface area (Å²) in [6, 6.07) is 3.77. The number of anilines is 1. The Hall–Kier alpha value is -1.63. The van der Waals surface area contributed by atoms with Crippen LogP contribution in [0.3, 0.4) is 0 Å². The quantitative estimate of drug-likeness (QED) is 0.910. The number of rotatable bonds is 5. The molecular weight excluding hydrogens is 310 g/mol. The molecular formula is C12H16BrN5O. The van der Waals surface area contributed by atoms with E-state index in [0.717, 1.165) is 10.1 Å². The van der Waals surface area contributed by atoms with E-state index < -0.39 is 0 Å². The second kappa shape index (κ2) is 6.01. The van der Waals surface area contributed by atoms with Gasteiger partial charge in [-0.1, -0.05) is 0 Å². The van der Waals surface area contributed by atoms with Gasteiger partial charge in [-0.05, 0) is 41.9 Å². The highest BCUT2D eigenvalue weighted by atomic mass is 79.9. The molecule has 1 N–H and O–H groups in total. The number of nitrogens with zero attached hydrogens (tertiary/aromatic N) is 4. The first-order valence-electron chi connectivity index (χ1n) is 6.18. The van der Waals surface area contributed by atoms with E-state index in [1.54, 1.807) is 9.42 Å². The summed E-state index contributed by atoms with van der Waals surface area (Å²) in [5.41, 5.74) is 0.722. The van der Waals surface area contributed by atoms with E-state index in [-0.39, 0.29) is 12.5 Å². The normalized spacial score (nSPS) is 10.7. The minimum atomic E-state index is 0.0444. The van der Waals surface area contributed by atoms with Crippen LogP contribution in [0, 0.1) is 0 Å². The number of amides is 1. The van der Waals surface area contributed by atoms with Gasteiger partial charge >= 0.3 is 0 Å². The van der Waals surface area contributed by atoms with Crippen LogP contribution in [-0.2, 0) is 4.79 Å².